The molecule has 0 unspecified atom stereocenters. The van der Waals surface area contributed by atoms with Gasteiger partial charge in [0.1, 0.15) is 5.52 Å². The number of fused-ring (bicyclic) bond motifs is 2. The van der Waals surface area contributed by atoms with Crippen molar-refractivity contribution in [3.05, 3.63) is 65.8 Å². The molecule has 0 aliphatic heterocycles. The second-order valence-corrected chi connectivity index (χ2v) is 10.9. The average Bonchev–Trinajstić information content (AvgIpc) is 3.65. The lowest BCUT2D eigenvalue weighted by molar-refractivity contribution is -0.116. The minimum absolute atomic E-state index is 0.0460. The molecule has 3 N–H and O–H groups in total. The summed E-state index contributed by atoms with van der Waals surface area (Å²) >= 11 is 1.46. The van der Waals surface area contributed by atoms with Gasteiger partial charge in [0, 0.05) is 28.6 Å². The number of rotatable bonds is 7. The van der Waals surface area contributed by atoms with E-state index in [-0.39, 0.29) is 17.6 Å². The molecule has 0 spiro atoms. The number of para-hydroxylation sites is 1. The van der Waals surface area contributed by atoms with Crippen LogP contribution in [0.1, 0.15) is 36.9 Å². The number of nitrogens with one attached hydrogen (secondary N) is 3. The van der Waals surface area contributed by atoms with Crippen LogP contribution in [0.5, 0.6) is 0 Å². The van der Waals surface area contributed by atoms with E-state index in [1.54, 1.807) is 19.3 Å². The van der Waals surface area contributed by atoms with E-state index in [1.807, 2.05) is 62.4 Å². The van der Waals surface area contributed by atoms with Crippen LogP contribution >= 0.6 is 11.3 Å². The molecular weight excluding hydrogens is 510 g/mol. The van der Waals surface area contributed by atoms with Gasteiger partial charge in [-0.3, -0.25) is 19.7 Å². The highest BCUT2D eigenvalue weighted by Crippen LogP contribution is 2.35. The topological polar surface area (TPSA) is 129 Å². The van der Waals surface area contributed by atoms with Gasteiger partial charge in [0.05, 0.1) is 39.0 Å². The number of Topliss-reactive ketones (excluding diaryl/α,β-unsaturated/α-hetero) is 1. The Morgan fingerprint density at radius 3 is 2.67 bits per heavy atom. The smallest absolute Gasteiger partial charge is 0.224 e. The first-order valence-corrected chi connectivity index (χ1v) is 13.4. The first-order valence-electron chi connectivity index (χ1n) is 12.6. The summed E-state index contributed by atoms with van der Waals surface area (Å²) in [5, 5.41) is 10.5. The summed E-state index contributed by atoms with van der Waals surface area (Å²) in [6.45, 7) is 5.58. The molecule has 0 atom stereocenters. The number of H-pyrrole nitrogens is 2. The Kier molecular flexibility index (Phi) is 6.24. The highest BCUT2D eigenvalue weighted by molar-refractivity contribution is 7.17. The number of nitrogens with zero attached hydrogens (tertiary/aromatic N) is 4. The quantitative estimate of drug-likeness (QED) is 0.201. The Labute approximate surface area is 227 Å². The Morgan fingerprint density at radius 1 is 1.00 bits per heavy atom. The molecule has 1 amide bonds. The lowest BCUT2D eigenvalue weighted by Gasteiger charge is -2.08. The normalized spacial score (nSPS) is 11.5. The number of pyridine rings is 2. The number of ketones is 1. The number of carbonyl (C=O) groups excluding carboxylic acids is 2. The maximum atomic E-state index is 12.2. The van der Waals surface area contributed by atoms with Gasteiger partial charge in [-0.1, -0.05) is 26.0 Å². The maximum absolute atomic E-state index is 12.2. The largest absolute Gasteiger partial charge is 0.336 e. The van der Waals surface area contributed by atoms with Gasteiger partial charge in [0.25, 0.3) is 0 Å². The van der Waals surface area contributed by atoms with Crippen LogP contribution < -0.4 is 5.32 Å². The monoisotopic (exact) mass is 535 g/mol. The molecule has 0 aliphatic rings. The average molecular weight is 536 g/mol. The van der Waals surface area contributed by atoms with Gasteiger partial charge in [-0.2, -0.15) is 5.10 Å². The van der Waals surface area contributed by atoms with Gasteiger partial charge in [0.15, 0.2) is 17.3 Å². The summed E-state index contributed by atoms with van der Waals surface area (Å²) in [5.74, 6) is 0.852. The fourth-order valence-corrected chi connectivity index (χ4v) is 5.40. The molecule has 1 aromatic carbocycles. The SMILES string of the molecule is CC(=O)c1ccc(-c2cccc3[nH]c(-c4n[nH]c5ccc(-c6cncc(NC(=O)CC(C)C)c6)nc45)nc23)s1. The molecule has 6 aromatic rings. The summed E-state index contributed by atoms with van der Waals surface area (Å²) in [6.07, 6.45) is 3.79. The fourth-order valence-electron chi connectivity index (χ4n) is 4.47. The van der Waals surface area contributed by atoms with Gasteiger partial charge < -0.3 is 10.3 Å². The molecule has 0 saturated carbocycles. The second kappa shape index (κ2) is 9.88. The molecular formula is C29H25N7O2S. The molecule has 0 radical (unpaired) electrons. The number of amides is 1. The van der Waals surface area contributed by atoms with E-state index in [9.17, 15) is 9.59 Å². The third-order valence-electron chi connectivity index (χ3n) is 6.27. The standard InChI is InChI=1S/C29H25N7O2S/c1-15(2)11-25(38)31-18-12-17(13-30-14-18)20-7-8-22-27(32-20)28(36-35-22)29-33-21-6-4-5-19(26(21)34-29)24-10-9-23(39-24)16(3)37/h4-10,12-15H,11H2,1-3H3,(H,31,38)(H,33,34)(H,35,36). The van der Waals surface area contributed by atoms with E-state index >= 15 is 0 Å². The van der Waals surface area contributed by atoms with Crippen molar-refractivity contribution in [2.75, 3.05) is 5.32 Å². The zero-order valence-corrected chi connectivity index (χ0v) is 22.4. The molecule has 10 heteroatoms. The van der Waals surface area contributed by atoms with E-state index in [4.69, 9.17) is 9.97 Å². The number of benzene rings is 1. The maximum Gasteiger partial charge on any atom is 0.224 e. The van der Waals surface area contributed by atoms with E-state index in [1.165, 1.54) is 11.3 Å². The van der Waals surface area contributed by atoms with Crippen LogP contribution in [-0.4, -0.2) is 41.8 Å². The van der Waals surface area contributed by atoms with Crippen molar-refractivity contribution in [2.45, 2.75) is 27.2 Å². The van der Waals surface area contributed by atoms with Crippen LogP contribution in [0.3, 0.4) is 0 Å². The zero-order chi connectivity index (χ0) is 27.1. The fraction of sp³-hybridized carbons (Fsp3) is 0.172. The third kappa shape index (κ3) is 4.82. The predicted octanol–water partition coefficient (Wildman–Crippen LogP) is 6.48. The Morgan fingerprint density at radius 2 is 1.87 bits per heavy atom. The summed E-state index contributed by atoms with van der Waals surface area (Å²) in [6, 6.07) is 15.4. The number of hydrogen-bond donors (Lipinski definition) is 3. The van der Waals surface area contributed by atoms with Crippen molar-refractivity contribution in [1.29, 1.82) is 0 Å². The van der Waals surface area contributed by atoms with Gasteiger partial charge in [-0.05, 0) is 49.2 Å². The number of imidazole rings is 1. The van der Waals surface area contributed by atoms with Crippen LogP contribution in [0, 0.1) is 5.92 Å². The third-order valence-corrected chi connectivity index (χ3v) is 7.49. The van der Waals surface area contributed by atoms with E-state index in [0.29, 0.717) is 39.7 Å². The minimum Gasteiger partial charge on any atom is -0.336 e. The van der Waals surface area contributed by atoms with Gasteiger partial charge in [-0.15, -0.1) is 11.3 Å². The number of hydrogen-bond acceptors (Lipinski definition) is 7. The lowest BCUT2D eigenvalue weighted by atomic mass is 10.1. The Bertz CT molecular complexity index is 1860. The van der Waals surface area contributed by atoms with Crippen LogP contribution in [0.2, 0.25) is 0 Å². The first-order chi connectivity index (χ1) is 18.9. The summed E-state index contributed by atoms with van der Waals surface area (Å²) in [5.41, 5.74) is 6.74. The molecule has 9 nitrogen and oxygen atoms in total. The molecule has 39 heavy (non-hydrogen) atoms. The van der Waals surface area contributed by atoms with Gasteiger partial charge >= 0.3 is 0 Å². The van der Waals surface area contributed by atoms with E-state index in [0.717, 1.165) is 32.6 Å². The van der Waals surface area contributed by atoms with E-state index < -0.39 is 0 Å². The van der Waals surface area contributed by atoms with Crippen LogP contribution in [0.25, 0.3) is 55.3 Å². The van der Waals surface area contributed by atoms with Crippen molar-refractivity contribution in [3.63, 3.8) is 0 Å². The van der Waals surface area contributed by atoms with Gasteiger partial charge in [0.2, 0.25) is 5.91 Å². The highest BCUT2D eigenvalue weighted by atomic mass is 32.1. The van der Waals surface area contributed by atoms with Crippen molar-refractivity contribution in [3.8, 4) is 33.2 Å². The molecule has 194 valence electrons. The van der Waals surface area contributed by atoms with Crippen molar-refractivity contribution in [2.24, 2.45) is 5.92 Å². The second-order valence-electron chi connectivity index (χ2n) is 9.78. The summed E-state index contributed by atoms with van der Waals surface area (Å²) in [7, 11) is 0. The van der Waals surface area contributed by atoms with Gasteiger partial charge in [-0.25, -0.2) is 9.97 Å². The summed E-state index contributed by atoms with van der Waals surface area (Å²) in [4.78, 5) is 43.2. The first kappa shape index (κ1) is 24.6. The number of anilines is 1. The predicted molar refractivity (Wildman–Crippen MR) is 154 cm³/mol. The number of aromatic amines is 2. The number of carbonyl (C=O) groups is 2. The molecule has 0 fully saturated rings. The van der Waals surface area contributed by atoms with E-state index in [2.05, 4.69) is 25.5 Å². The van der Waals surface area contributed by atoms with Crippen LogP contribution in [0.15, 0.2) is 60.9 Å². The molecule has 5 heterocycles. The van der Waals surface area contributed by atoms with Crippen LogP contribution in [0.4, 0.5) is 5.69 Å². The van der Waals surface area contributed by atoms with Crippen LogP contribution in [-0.2, 0) is 4.79 Å². The molecule has 5 aromatic heterocycles. The Balaban J connectivity index is 1.37. The Hall–Kier alpha value is -4.70. The molecule has 0 saturated heterocycles. The minimum atomic E-state index is -0.0474. The number of thiophene rings is 1. The molecule has 0 aliphatic carbocycles. The molecule has 6 rings (SSSR count). The number of aromatic nitrogens is 6. The lowest BCUT2D eigenvalue weighted by Crippen LogP contribution is -2.14. The van der Waals surface area contributed by atoms with Crippen molar-refractivity contribution < 1.29 is 9.59 Å². The summed E-state index contributed by atoms with van der Waals surface area (Å²) < 4.78 is 0. The van der Waals surface area contributed by atoms with Crippen molar-refractivity contribution in [1.82, 2.24) is 30.1 Å². The zero-order valence-electron chi connectivity index (χ0n) is 21.6. The van der Waals surface area contributed by atoms with Crippen molar-refractivity contribution >= 4 is 50.8 Å². The highest BCUT2D eigenvalue weighted by Gasteiger charge is 2.18. The molecule has 0 bridgehead atoms.